The van der Waals surface area contributed by atoms with Gasteiger partial charge in [-0.05, 0) is 49.6 Å². The topological polar surface area (TPSA) is 174 Å². The number of amides is 1. The molecule has 1 aliphatic rings. The number of primary amides is 1. The first-order valence-corrected chi connectivity index (χ1v) is 15.0. The third-order valence-electron chi connectivity index (χ3n) is 6.97. The highest BCUT2D eigenvalue weighted by molar-refractivity contribution is 7.93. The Hall–Kier alpha value is -4.70. The molecule has 0 saturated carbocycles. The average molecular weight is 632 g/mol. The van der Waals surface area contributed by atoms with Crippen LogP contribution in [0.3, 0.4) is 0 Å². The van der Waals surface area contributed by atoms with E-state index < -0.39 is 33.6 Å². The number of sulfonamides is 1. The second-order valence-corrected chi connectivity index (χ2v) is 11.6. The molecule has 1 atom stereocenters. The molecule has 5 N–H and O–H groups in total. The Labute approximate surface area is 250 Å². The van der Waals surface area contributed by atoms with Crippen molar-refractivity contribution >= 4 is 33.3 Å². The van der Waals surface area contributed by atoms with Crippen LogP contribution in [0.1, 0.15) is 53.4 Å². The fourth-order valence-corrected chi connectivity index (χ4v) is 5.22. The van der Waals surface area contributed by atoms with Crippen molar-refractivity contribution in [3.8, 4) is 17.0 Å². The van der Waals surface area contributed by atoms with E-state index in [2.05, 4.69) is 25.5 Å². The summed E-state index contributed by atoms with van der Waals surface area (Å²) in [6, 6.07) is 9.25. The van der Waals surface area contributed by atoms with Crippen molar-refractivity contribution in [2.24, 2.45) is 5.73 Å². The number of anilines is 3. The summed E-state index contributed by atoms with van der Waals surface area (Å²) in [5, 5.41) is 9.82. The van der Waals surface area contributed by atoms with Crippen LogP contribution in [-0.4, -0.2) is 53.5 Å². The molecule has 16 heteroatoms. The standard InChI is InChI=1S/C28H28F3N7O5S/c1-15(16-2-5-19(29)6-3-16)43-22-12-18(4-7-20(22)38-44(40,41)28(30)31)25-24(26(32)39)27(37-36-25)35-23-14-33-21(13-34-23)17-8-10-42-11-9-17/h2-7,12-15,17,28,38H,8-11H2,1H3,(H2,32,39)(H2,34,35,36,37)/t15-/m0/s1. The first-order valence-electron chi connectivity index (χ1n) is 13.4. The van der Waals surface area contributed by atoms with Crippen LogP contribution in [0.4, 0.5) is 30.5 Å². The summed E-state index contributed by atoms with van der Waals surface area (Å²) in [6.45, 7) is 2.91. The highest BCUT2D eigenvalue weighted by Gasteiger charge is 2.27. The average Bonchev–Trinajstić information content (AvgIpc) is 3.43. The molecule has 0 radical (unpaired) electrons. The molecule has 1 amide bonds. The maximum atomic E-state index is 13.4. The van der Waals surface area contributed by atoms with Crippen molar-refractivity contribution < 1.29 is 35.9 Å². The molecular formula is C28H28F3N7O5S. The van der Waals surface area contributed by atoms with Crippen molar-refractivity contribution in [3.05, 3.63) is 77.5 Å². The number of hydrogen-bond acceptors (Lipinski definition) is 9. The molecule has 44 heavy (non-hydrogen) atoms. The van der Waals surface area contributed by atoms with E-state index in [4.69, 9.17) is 15.2 Å². The van der Waals surface area contributed by atoms with Crippen molar-refractivity contribution in [3.63, 3.8) is 0 Å². The number of benzene rings is 2. The van der Waals surface area contributed by atoms with Gasteiger partial charge in [-0.2, -0.15) is 13.9 Å². The molecular weight excluding hydrogens is 603 g/mol. The van der Waals surface area contributed by atoms with E-state index in [0.29, 0.717) is 24.6 Å². The van der Waals surface area contributed by atoms with Gasteiger partial charge in [0.1, 0.15) is 29.1 Å². The largest absolute Gasteiger partial charge is 0.484 e. The smallest absolute Gasteiger partial charge is 0.355 e. The summed E-state index contributed by atoms with van der Waals surface area (Å²) in [5.74, 6) is -4.61. The Morgan fingerprint density at radius 2 is 1.84 bits per heavy atom. The maximum absolute atomic E-state index is 13.4. The Morgan fingerprint density at radius 3 is 2.48 bits per heavy atom. The molecule has 2 aromatic carbocycles. The van der Waals surface area contributed by atoms with E-state index in [1.807, 2.05) is 4.72 Å². The van der Waals surface area contributed by atoms with Gasteiger partial charge in [0.25, 0.3) is 15.9 Å². The molecule has 2 aromatic heterocycles. The fraction of sp³-hybridized carbons (Fsp3) is 0.286. The first kappa shape index (κ1) is 30.7. The molecule has 4 aromatic rings. The lowest BCUT2D eigenvalue weighted by Crippen LogP contribution is -2.21. The third kappa shape index (κ3) is 6.92. The van der Waals surface area contributed by atoms with Crippen LogP contribution >= 0.6 is 0 Å². The number of nitrogens with zero attached hydrogens (tertiary/aromatic N) is 3. The molecule has 5 rings (SSSR count). The normalized spacial score (nSPS) is 14.8. The van der Waals surface area contributed by atoms with E-state index in [1.165, 1.54) is 48.7 Å². The van der Waals surface area contributed by atoms with Crippen molar-refractivity contribution in [1.29, 1.82) is 0 Å². The number of nitrogens with one attached hydrogen (secondary N) is 3. The minimum atomic E-state index is -5.06. The molecule has 1 saturated heterocycles. The second kappa shape index (κ2) is 12.9. The highest BCUT2D eigenvalue weighted by atomic mass is 32.2. The zero-order chi connectivity index (χ0) is 31.4. The monoisotopic (exact) mass is 631 g/mol. The van der Waals surface area contributed by atoms with Gasteiger partial charge in [-0.1, -0.05) is 18.2 Å². The minimum absolute atomic E-state index is 0.0465. The number of aromatic amines is 1. The molecule has 0 aliphatic carbocycles. The van der Waals surface area contributed by atoms with Gasteiger partial charge in [0, 0.05) is 24.7 Å². The number of halogens is 3. The van der Waals surface area contributed by atoms with Gasteiger partial charge in [-0.25, -0.2) is 17.8 Å². The van der Waals surface area contributed by atoms with E-state index in [-0.39, 0.29) is 40.0 Å². The lowest BCUT2D eigenvalue weighted by Gasteiger charge is -2.21. The summed E-state index contributed by atoms with van der Waals surface area (Å²) in [4.78, 5) is 21.4. The van der Waals surface area contributed by atoms with Gasteiger partial charge in [-0.3, -0.25) is 19.6 Å². The lowest BCUT2D eigenvalue weighted by atomic mass is 9.97. The maximum Gasteiger partial charge on any atom is 0.355 e. The number of hydrogen-bond donors (Lipinski definition) is 4. The molecule has 12 nitrogen and oxygen atoms in total. The Morgan fingerprint density at radius 1 is 1.11 bits per heavy atom. The van der Waals surface area contributed by atoms with Crippen molar-refractivity contribution in [2.45, 2.75) is 37.5 Å². The number of aromatic nitrogens is 4. The number of nitrogens with two attached hydrogens (primary N) is 1. The number of carbonyl (C=O) groups excluding carboxylic acids is 1. The van der Waals surface area contributed by atoms with Crippen LogP contribution in [0, 0.1) is 5.82 Å². The van der Waals surface area contributed by atoms with E-state index in [1.54, 1.807) is 13.1 Å². The zero-order valence-electron chi connectivity index (χ0n) is 23.3. The van der Waals surface area contributed by atoms with E-state index >= 15 is 0 Å². The SMILES string of the molecule is C[C@H](Oc1cc(-c2[nH]nc(Nc3cnc(C4CCOCC4)cn3)c2C(N)=O)ccc1NS(=O)(=O)C(F)F)c1ccc(F)cc1. The quantitative estimate of drug-likeness (QED) is 0.180. The summed E-state index contributed by atoms with van der Waals surface area (Å²) < 4.78 is 76.8. The van der Waals surface area contributed by atoms with E-state index in [0.717, 1.165) is 18.5 Å². The number of carbonyl (C=O) groups is 1. The second-order valence-electron chi connectivity index (χ2n) is 9.95. The predicted molar refractivity (Wildman–Crippen MR) is 155 cm³/mol. The lowest BCUT2D eigenvalue weighted by molar-refractivity contribution is 0.0844. The molecule has 0 spiro atoms. The van der Waals surface area contributed by atoms with Crippen LogP contribution in [0.2, 0.25) is 0 Å². The van der Waals surface area contributed by atoms with Crippen LogP contribution in [-0.2, 0) is 14.8 Å². The van der Waals surface area contributed by atoms with Gasteiger partial charge >= 0.3 is 5.76 Å². The molecule has 232 valence electrons. The van der Waals surface area contributed by atoms with Gasteiger partial charge in [0.05, 0.1) is 29.5 Å². The molecule has 1 aliphatic heterocycles. The summed E-state index contributed by atoms with van der Waals surface area (Å²) in [7, 11) is -5.06. The molecule has 0 bridgehead atoms. The van der Waals surface area contributed by atoms with Crippen LogP contribution < -0.4 is 20.5 Å². The van der Waals surface area contributed by atoms with Crippen molar-refractivity contribution in [2.75, 3.05) is 23.3 Å². The molecule has 1 fully saturated rings. The van der Waals surface area contributed by atoms with Crippen LogP contribution in [0.5, 0.6) is 5.75 Å². The Balaban J connectivity index is 1.46. The van der Waals surface area contributed by atoms with Gasteiger partial charge in [0.2, 0.25) is 0 Å². The fourth-order valence-electron chi connectivity index (χ4n) is 4.66. The molecule has 0 unspecified atom stereocenters. The summed E-state index contributed by atoms with van der Waals surface area (Å²) in [6.07, 6.45) is 4.06. The van der Waals surface area contributed by atoms with Gasteiger partial charge in [-0.15, -0.1) is 0 Å². The minimum Gasteiger partial charge on any atom is -0.484 e. The Bertz CT molecular complexity index is 1730. The summed E-state index contributed by atoms with van der Waals surface area (Å²) in [5.41, 5.74) is 7.10. The van der Waals surface area contributed by atoms with Gasteiger partial charge in [0.15, 0.2) is 5.82 Å². The third-order valence-corrected chi connectivity index (χ3v) is 7.94. The van der Waals surface area contributed by atoms with Crippen molar-refractivity contribution in [1.82, 2.24) is 20.2 Å². The molecule has 3 heterocycles. The number of alkyl halides is 2. The highest BCUT2D eigenvalue weighted by Crippen LogP contribution is 2.37. The zero-order valence-corrected chi connectivity index (χ0v) is 24.1. The predicted octanol–water partition coefficient (Wildman–Crippen LogP) is 4.85. The van der Waals surface area contributed by atoms with Crippen LogP contribution in [0.15, 0.2) is 54.9 Å². The van der Waals surface area contributed by atoms with Gasteiger partial charge < -0.3 is 20.5 Å². The Kier molecular flexibility index (Phi) is 9.01. The number of H-pyrrole nitrogens is 1. The number of ether oxygens (including phenoxy) is 2. The summed E-state index contributed by atoms with van der Waals surface area (Å²) >= 11 is 0. The van der Waals surface area contributed by atoms with E-state index in [9.17, 15) is 26.4 Å². The van der Waals surface area contributed by atoms with Crippen LogP contribution in [0.25, 0.3) is 11.3 Å². The first-order chi connectivity index (χ1) is 21.0. The number of rotatable bonds is 11.